The molecule has 2 nitrogen and oxygen atoms in total. The topological polar surface area (TPSA) is 29.3 Å². The Kier molecular flexibility index (Phi) is 6.47. The highest BCUT2D eigenvalue weighted by Gasteiger charge is 2.17. The SMILES string of the molecule is CCC(CC)CN(CC)c1cc(C)c(F)cc1[C@@H](C)N. The van der Waals surface area contributed by atoms with Crippen molar-refractivity contribution in [2.75, 3.05) is 18.0 Å². The van der Waals surface area contributed by atoms with Crippen LogP contribution in [0.3, 0.4) is 0 Å². The first-order valence-corrected chi connectivity index (χ1v) is 7.75. The van der Waals surface area contributed by atoms with E-state index in [1.54, 1.807) is 6.07 Å². The van der Waals surface area contributed by atoms with Crippen LogP contribution in [0.5, 0.6) is 0 Å². The van der Waals surface area contributed by atoms with Crippen molar-refractivity contribution in [1.82, 2.24) is 0 Å². The van der Waals surface area contributed by atoms with Crippen LogP contribution in [0.15, 0.2) is 12.1 Å². The number of nitrogens with zero attached hydrogens (tertiary/aromatic N) is 1. The van der Waals surface area contributed by atoms with E-state index in [1.165, 1.54) is 12.8 Å². The van der Waals surface area contributed by atoms with Crippen molar-refractivity contribution in [1.29, 1.82) is 0 Å². The third kappa shape index (κ3) is 3.95. The summed E-state index contributed by atoms with van der Waals surface area (Å²) in [6.45, 7) is 12.3. The molecular weight excluding hydrogens is 251 g/mol. The molecule has 2 N–H and O–H groups in total. The molecule has 0 aliphatic heterocycles. The predicted octanol–water partition coefficient (Wildman–Crippen LogP) is 4.42. The van der Waals surface area contributed by atoms with Crippen molar-refractivity contribution >= 4 is 5.69 Å². The third-order valence-electron chi connectivity index (χ3n) is 4.15. The van der Waals surface area contributed by atoms with E-state index in [0.29, 0.717) is 11.5 Å². The third-order valence-corrected chi connectivity index (χ3v) is 4.15. The largest absolute Gasteiger partial charge is 0.371 e. The number of hydrogen-bond donors (Lipinski definition) is 1. The minimum absolute atomic E-state index is 0.157. The van der Waals surface area contributed by atoms with Crippen LogP contribution in [-0.4, -0.2) is 13.1 Å². The van der Waals surface area contributed by atoms with E-state index in [0.717, 1.165) is 24.3 Å². The first kappa shape index (κ1) is 17.0. The molecule has 0 spiro atoms. The molecule has 0 radical (unpaired) electrons. The molecule has 1 rings (SSSR count). The van der Waals surface area contributed by atoms with E-state index >= 15 is 0 Å². The lowest BCUT2D eigenvalue weighted by molar-refractivity contribution is 0.485. The molecule has 0 aliphatic carbocycles. The minimum Gasteiger partial charge on any atom is -0.371 e. The van der Waals surface area contributed by atoms with E-state index in [-0.39, 0.29) is 11.9 Å². The zero-order valence-corrected chi connectivity index (χ0v) is 13.5. The van der Waals surface area contributed by atoms with Gasteiger partial charge >= 0.3 is 0 Å². The van der Waals surface area contributed by atoms with Crippen LogP contribution in [0, 0.1) is 18.7 Å². The molecule has 3 heteroatoms. The number of aryl methyl sites for hydroxylation is 1. The summed E-state index contributed by atoms with van der Waals surface area (Å²) in [6, 6.07) is 3.39. The molecule has 0 saturated heterocycles. The van der Waals surface area contributed by atoms with Gasteiger partial charge in [0.1, 0.15) is 5.82 Å². The Bertz CT molecular complexity index is 425. The average molecular weight is 280 g/mol. The van der Waals surface area contributed by atoms with Crippen LogP contribution in [-0.2, 0) is 0 Å². The van der Waals surface area contributed by atoms with Gasteiger partial charge in [-0.05, 0) is 49.9 Å². The smallest absolute Gasteiger partial charge is 0.126 e. The summed E-state index contributed by atoms with van der Waals surface area (Å²) < 4.78 is 13.8. The number of rotatable bonds is 7. The fourth-order valence-corrected chi connectivity index (χ4v) is 2.58. The van der Waals surface area contributed by atoms with Gasteiger partial charge in [-0.1, -0.05) is 26.7 Å². The van der Waals surface area contributed by atoms with Crippen LogP contribution < -0.4 is 10.6 Å². The van der Waals surface area contributed by atoms with Crippen LogP contribution in [0.25, 0.3) is 0 Å². The highest BCUT2D eigenvalue weighted by molar-refractivity contribution is 5.57. The molecule has 0 unspecified atom stereocenters. The monoisotopic (exact) mass is 280 g/mol. The molecule has 0 bridgehead atoms. The van der Waals surface area contributed by atoms with Crippen LogP contribution in [0.1, 0.15) is 57.7 Å². The molecule has 20 heavy (non-hydrogen) atoms. The summed E-state index contributed by atoms with van der Waals surface area (Å²) in [6.07, 6.45) is 2.33. The van der Waals surface area contributed by atoms with Gasteiger partial charge in [0.2, 0.25) is 0 Å². The summed E-state index contributed by atoms with van der Waals surface area (Å²) in [5.41, 5.74) is 8.71. The van der Waals surface area contributed by atoms with E-state index in [2.05, 4.69) is 25.7 Å². The molecule has 0 heterocycles. The summed E-state index contributed by atoms with van der Waals surface area (Å²) >= 11 is 0. The summed E-state index contributed by atoms with van der Waals surface area (Å²) in [5, 5.41) is 0. The molecule has 114 valence electrons. The maximum Gasteiger partial charge on any atom is 0.126 e. The maximum absolute atomic E-state index is 13.8. The molecule has 0 aliphatic rings. The Morgan fingerprint density at radius 3 is 2.25 bits per heavy atom. The first-order chi connectivity index (χ1) is 9.44. The molecule has 0 aromatic heterocycles. The van der Waals surface area contributed by atoms with Gasteiger partial charge < -0.3 is 10.6 Å². The Morgan fingerprint density at radius 2 is 1.80 bits per heavy atom. The van der Waals surface area contributed by atoms with Gasteiger partial charge in [-0.2, -0.15) is 0 Å². The standard InChI is InChI=1S/C17H29FN2/c1-6-14(7-2)11-20(8-3)17-9-12(4)16(18)10-15(17)13(5)19/h9-10,13-14H,6-8,11,19H2,1-5H3/t13-/m1/s1. The summed E-state index contributed by atoms with van der Waals surface area (Å²) in [7, 11) is 0. The lowest BCUT2D eigenvalue weighted by Crippen LogP contribution is -2.30. The number of anilines is 1. The van der Waals surface area contributed by atoms with Gasteiger partial charge in [-0.3, -0.25) is 0 Å². The number of halogens is 1. The van der Waals surface area contributed by atoms with E-state index < -0.39 is 0 Å². The Morgan fingerprint density at radius 1 is 1.20 bits per heavy atom. The second kappa shape index (κ2) is 7.63. The van der Waals surface area contributed by atoms with Crippen LogP contribution in [0.2, 0.25) is 0 Å². The van der Waals surface area contributed by atoms with Crippen molar-refractivity contribution in [2.24, 2.45) is 11.7 Å². The van der Waals surface area contributed by atoms with E-state index in [9.17, 15) is 4.39 Å². The molecule has 1 aromatic carbocycles. The number of hydrogen-bond acceptors (Lipinski definition) is 2. The van der Waals surface area contributed by atoms with E-state index in [1.807, 2.05) is 19.9 Å². The normalized spacial score (nSPS) is 12.8. The fraction of sp³-hybridized carbons (Fsp3) is 0.647. The lowest BCUT2D eigenvalue weighted by atomic mass is 9.99. The van der Waals surface area contributed by atoms with Crippen molar-refractivity contribution in [3.63, 3.8) is 0 Å². The van der Waals surface area contributed by atoms with Gasteiger partial charge in [-0.15, -0.1) is 0 Å². The molecule has 1 atom stereocenters. The second-order valence-corrected chi connectivity index (χ2v) is 5.67. The Balaban J connectivity index is 3.16. The van der Waals surface area contributed by atoms with Crippen LogP contribution in [0.4, 0.5) is 10.1 Å². The molecule has 0 amide bonds. The highest BCUT2D eigenvalue weighted by Crippen LogP contribution is 2.29. The van der Waals surface area contributed by atoms with Gasteiger partial charge in [0, 0.05) is 24.8 Å². The lowest BCUT2D eigenvalue weighted by Gasteiger charge is -2.30. The summed E-state index contributed by atoms with van der Waals surface area (Å²) in [5.74, 6) is 0.501. The molecule has 1 aromatic rings. The second-order valence-electron chi connectivity index (χ2n) is 5.67. The van der Waals surface area contributed by atoms with Gasteiger partial charge in [-0.25, -0.2) is 4.39 Å². The summed E-state index contributed by atoms with van der Waals surface area (Å²) in [4.78, 5) is 2.34. The van der Waals surface area contributed by atoms with Gasteiger partial charge in [0.25, 0.3) is 0 Å². The predicted molar refractivity (Wildman–Crippen MR) is 85.7 cm³/mol. The average Bonchev–Trinajstić information content (AvgIpc) is 2.43. The molecular formula is C17H29FN2. The minimum atomic E-state index is -0.167. The zero-order valence-electron chi connectivity index (χ0n) is 13.5. The zero-order chi connectivity index (χ0) is 15.3. The highest BCUT2D eigenvalue weighted by atomic mass is 19.1. The molecule has 0 fully saturated rings. The Labute approximate surface area is 123 Å². The van der Waals surface area contributed by atoms with Crippen molar-refractivity contribution < 1.29 is 4.39 Å². The number of nitrogens with two attached hydrogens (primary N) is 1. The van der Waals surface area contributed by atoms with Gasteiger partial charge in [0.05, 0.1) is 0 Å². The number of benzene rings is 1. The van der Waals surface area contributed by atoms with Gasteiger partial charge in [0.15, 0.2) is 0 Å². The van der Waals surface area contributed by atoms with Crippen molar-refractivity contribution in [2.45, 2.75) is 53.5 Å². The maximum atomic E-state index is 13.8. The van der Waals surface area contributed by atoms with Crippen molar-refractivity contribution in [3.05, 3.63) is 29.1 Å². The van der Waals surface area contributed by atoms with Crippen LogP contribution >= 0.6 is 0 Å². The first-order valence-electron chi connectivity index (χ1n) is 7.75. The van der Waals surface area contributed by atoms with Crippen molar-refractivity contribution in [3.8, 4) is 0 Å². The molecule has 0 saturated carbocycles. The Hall–Kier alpha value is -1.09. The van der Waals surface area contributed by atoms with E-state index in [4.69, 9.17) is 5.73 Å². The fourth-order valence-electron chi connectivity index (χ4n) is 2.58. The quantitative estimate of drug-likeness (QED) is 0.801.